The van der Waals surface area contributed by atoms with Crippen molar-refractivity contribution in [1.82, 2.24) is 5.32 Å². The van der Waals surface area contributed by atoms with Crippen LogP contribution >= 0.6 is 12.4 Å². The van der Waals surface area contributed by atoms with Crippen molar-refractivity contribution in [3.63, 3.8) is 0 Å². The second-order valence-corrected chi connectivity index (χ2v) is 5.35. The fourth-order valence-corrected chi connectivity index (χ4v) is 3.39. The lowest BCUT2D eigenvalue weighted by molar-refractivity contribution is 0.858. The normalized spacial score (nSPS) is 23.6. The van der Waals surface area contributed by atoms with Crippen molar-refractivity contribution in [3.8, 4) is 0 Å². The predicted octanol–water partition coefficient (Wildman–Crippen LogP) is 4.13. The molecule has 4 aliphatic rings. The molecule has 1 heterocycles. The third kappa shape index (κ3) is 1.93. The van der Waals surface area contributed by atoms with Gasteiger partial charge in [0.2, 0.25) is 0 Å². The third-order valence-corrected chi connectivity index (χ3v) is 4.27. The van der Waals surface area contributed by atoms with Crippen LogP contribution in [-0.2, 0) is 0 Å². The summed E-state index contributed by atoms with van der Waals surface area (Å²) in [7, 11) is 0. The van der Waals surface area contributed by atoms with Gasteiger partial charge in [0.1, 0.15) is 0 Å². The standard InChI is InChI=1S/C17H17N.ClH/c1-2-7-15-12(4-1)8-9-13-5-3-6-14-10-18-11-16(15)17(13)14;/h2-3,5,7,9,11,18H,1,4,6,8,10H2;1H. The molecule has 0 saturated carbocycles. The summed E-state index contributed by atoms with van der Waals surface area (Å²) >= 11 is 0. The lowest BCUT2D eigenvalue weighted by atomic mass is 9.82. The Bertz CT molecular complexity index is 597. The van der Waals surface area contributed by atoms with E-state index in [1.54, 1.807) is 11.1 Å². The summed E-state index contributed by atoms with van der Waals surface area (Å²) in [5.41, 5.74) is 9.00. The first-order valence-electron chi connectivity index (χ1n) is 6.85. The first kappa shape index (κ1) is 12.6. The summed E-state index contributed by atoms with van der Waals surface area (Å²) in [5.74, 6) is 0. The van der Waals surface area contributed by atoms with E-state index < -0.39 is 0 Å². The van der Waals surface area contributed by atoms with E-state index in [2.05, 4.69) is 41.9 Å². The van der Waals surface area contributed by atoms with Crippen LogP contribution in [0.15, 0.2) is 70.0 Å². The van der Waals surface area contributed by atoms with Gasteiger partial charge in [0.05, 0.1) is 0 Å². The fourth-order valence-electron chi connectivity index (χ4n) is 3.39. The molecule has 0 spiro atoms. The molecule has 0 atom stereocenters. The molecule has 98 valence electrons. The van der Waals surface area contributed by atoms with E-state index in [0.717, 1.165) is 19.4 Å². The van der Waals surface area contributed by atoms with Gasteiger partial charge in [-0.05, 0) is 48.0 Å². The van der Waals surface area contributed by atoms with Crippen LogP contribution in [0.4, 0.5) is 0 Å². The molecule has 0 amide bonds. The predicted molar refractivity (Wildman–Crippen MR) is 82.2 cm³/mol. The number of hydrogen-bond acceptors (Lipinski definition) is 1. The Balaban J connectivity index is 0.00000110. The minimum Gasteiger partial charge on any atom is -0.387 e. The molecule has 0 aromatic carbocycles. The summed E-state index contributed by atoms with van der Waals surface area (Å²) in [6.07, 6.45) is 18.5. The van der Waals surface area contributed by atoms with Crippen molar-refractivity contribution < 1.29 is 0 Å². The van der Waals surface area contributed by atoms with Gasteiger partial charge in [0, 0.05) is 18.3 Å². The number of hydrogen-bond donors (Lipinski definition) is 1. The van der Waals surface area contributed by atoms with Crippen LogP contribution in [0.5, 0.6) is 0 Å². The van der Waals surface area contributed by atoms with Gasteiger partial charge in [0.25, 0.3) is 0 Å². The fraction of sp³-hybridized carbons (Fsp3) is 0.294. The zero-order chi connectivity index (χ0) is 11.9. The highest BCUT2D eigenvalue weighted by atomic mass is 35.5. The minimum absolute atomic E-state index is 0. The summed E-state index contributed by atoms with van der Waals surface area (Å²) in [5, 5.41) is 3.45. The number of halogens is 1. The van der Waals surface area contributed by atoms with E-state index in [9.17, 15) is 0 Å². The monoisotopic (exact) mass is 271 g/mol. The molecular formula is C17H18ClN. The van der Waals surface area contributed by atoms with Crippen molar-refractivity contribution >= 4 is 12.4 Å². The van der Waals surface area contributed by atoms with Crippen LogP contribution in [0.1, 0.15) is 25.7 Å². The maximum atomic E-state index is 3.45. The van der Waals surface area contributed by atoms with Crippen molar-refractivity contribution in [1.29, 1.82) is 0 Å². The van der Waals surface area contributed by atoms with E-state index in [-0.39, 0.29) is 12.4 Å². The van der Waals surface area contributed by atoms with Crippen LogP contribution < -0.4 is 5.32 Å². The Labute approximate surface area is 120 Å². The number of nitrogens with one attached hydrogen (secondary N) is 1. The SMILES string of the molecule is C1=CC2=C(CC=C3C=CCC4=C3C2=CNC4)CC1.Cl. The first-order chi connectivity index (χ1) is 8.93. The zero-order valence-corrected chi connectivity index (χ0v) is 11.7. The molecule has 0 bridgehead atoms. The van der Waals surface area contributed by atoms with Gasteiger partial charge in [-0.2, -0.15) is 0 Å². The van der Waals surface area contributed by atoms with Gasteiger partial charge in [-0.3, -0.25) is 0 Å². The molecule has 1 N–H and O–H groups in total. The summed E-state index contributed by atoms with van der Waals surface area (Å²) in [4.78, 5) is 0. The molecule has 0 aromatic rings. The Morgan fingerprint density at radius 1 is 1.00 bits per heavy atom. The highest BCUT2D eigenvalue weighted by Crippen LogP contribution is 2.41. The molecule has 1 aliphatic heterocycles. The second kappa shape index (κ2) is 4.90. The van der Waals surface area contributed by atoms with Gasteiger partial charge in [0.15, 0.2) is 0 Å². The van der Waals surface area contributed by atoms with Crippen LogP contribution in [-0.4, -0.2) is 6.54 Å². The molecule has 1 nitrogen and oxygen atoms in total. The molecule has 0 saturated heterocycles. The maximum absolute atomic E-state index is 3.45. The average Bonchev–Trinajstić information content (AvgIpc) is 2.60. The number of rotatable bonds is 0. The highest BCUT2D eigenvalue weighted by molar-refractivity contribution is 5.85. The van der Waals surface area contributed by atoms with Gasteiger partial charge in [-0.25, -0.2) is 0 Å². The summed E-state index contributed by atoms with van der Waals surface area (Å²) < 4.78 is 0. The van der Waals surface area contributed by atoms with Crippen LogP contribution in [0, 0.1) is 0 Å². The molecule has 0 aromatic heterocycles. The third-order valence-electron chi connectivity index (χ3n) is 4.27. The largest absolute Gasteiger partial charge is 0.387 e. The van der Waals surface area contributed by atoms with Gasteiger partial charge in [-0.15, -0.1) is 12.4 Å². The highest BCUT2D eigenvalue weighted by Gasteiger charge is 2.26. The Morgan fingerprint density at radius 2 is 1.95 bits per heavy atom. The Hall–Kier alpha value is -1.47. The molecule has 4 rings (SSSR count). The molecule has 19 heavy (non-hydrogen) atoms. The lowest BCUT2D eigenvalue weighted by Crippen LogP contribution is -2.21. The summed E-state index contributed by atoms with van der Waals surface area (Å²) in [6, 6.07) is 0. The van der Waals surface area contributed by atoms with E-state index in [4.69, 9.17) is 0 Å². The topological polar surface area (TPSA) is 12.0 Å². The Morgan fingerprint density at radius 3 is 2.89 bits per heavy atom. The van der Waals surface area contributed by atoms with Crippen LogP contribution in [0.3, 0.4) is 0 Å². The van der Waals surface area contributed by atoms with E-state index in [0.29, 0.717) is 0 Å². The maximum Gasteiger partial charge on any atom is 0.0367 e. The van der Waals surface area contributed by atoms with Crippen LogP contribution in [0.25, 0.3) is 0 Å². The Kier molecular flexibility index (Phi) is 3.24. The number of dihydropyridines is 1. The van der Waals surface area contributed by atoms with Gasteiger partial charge >= 0.3 is 0 Å². The second-order valence-electron chi connectivity index (χ2n) is 5.35. The quantitative estimate of drug-likeness (QED) is 0.699. The molecular weight excluding hydrogens is 254 g/mol. The van der Waals surface area contributed by atoms with Crippen LogP contribution in [0.2, 0.25) is 0 Å². The molecule has 0 unspecified atom stereocenters. The average molecular weight is 272 g/mol. The first-order valence-corrected chi connectivity index (χ1v) is 6.85. The smallest absolute Gasteiger partial charge is 0.0367 e. The van der Waals surface area contributed by atoms with Crippen molar-refractivity contribution in [2.24, 2.45) is 0 Å². The molecule has 0 fully saturated rings. The number of fused-ring (bicyclic) bond motifs is 1. The number of allylic oxidation sites excluding steroid dienone is 10. The minimum atomic E-state index is 0. The van der Waals surface area contributed by atoms with Crippen molar-refractivity contribution in [2.45, 2.75) is 25.7 Å². The van der Waals surface area contributed by atoms with Gasteiger partial charge < -0.3 is 5.32 Å². The van der Waals surface area contributed by atoms with Gasteiger partial charge in [-0.1, -0.05) is 36.0 Å². The molecule has 2 heteroatoms. The zero-order valence-electron chi connectivity index (χ0n) is 10.9. The lowest BCUT2D eigenvalue weighted by Gasteiger charge is -2.27. The van der Waals surface area contributed by atoms with E-state index in [1.165, 1.54) is 35.1 Å². The van der Waals surface area contributed by atoms with Crippen molar-refractivity contribution in [2.75, 3.05) is 6.54 Å². The van der Waals surface area contributed by atoms with Crippen molar-refractivity contribution in [3.05, 3.63) is 70.0 Å². The van der Waals surface area contributed by atoms with E-state index in [1.807, 2.05) is 0 Å². The van der Waals surface area contributed by atoms with E-state index >= 15 is 0 Å². The molecule has 0 radical (unpaired) electrons. The molecule has 3 aliphatic carbocycles. The summed E-state index contributed by atoms with van der Waals surface area (Å²) in [6.45, 7) is 1.01.